The quantitative estimate of drug-likeness (QED) is 0.285. The molecule has 0 fully saturated rings. The molecule has 0 aromatic carbocycles. The molecule has 0 rings (SSSR count). The molecule has 24 valence electrons. The number of hydrogen-bond acceptors (Lipinski definition) is 0. The minimum absolute atomic E-state index is 0. The smallest absolute Gasteiger partial charge is 1.00 e. The van der Waals surface area contributed by atoms with E-state index in [0.29, 0.717) is 0 Å². The molecule has 0 nitrogen and oxygen atoms in total. The van der Waals surface area contributed by atoms with Gasteiger partial charge in [-0.25, -0.2) is 0 Å². The molecule has 0 aromatic heterocycles. The van der Waals surface area contributed by atoms with Crippen LogP contribution in [0.1, 0.15) is 0 Å². The fraction of sp³-hybridized carbons (Fsp3) is 0. The van der Waals surface area contributed by atoms with Crippen molar-refractivity contribution in [3.63, 3.8) is 0 Å². The first-order valence-corrected chi connectivity index (χ1v) is 0. The van der Waals surface area contributed by atoms with Gasteiger partial charge in [-0.3, -0.25) is 0 Å². The van der Waals surface area contributed by atoms with E-state index in [-0.39, 0.29) is 90.8 Å². The van der Waals surface area contributed by atoms with Gasteiger partial charge in [-0.15, -0.1) is 0 Å². The SMILES string of the molecule is [I-].[I-].[IH2+].[Li+]. The van der Waals surface area contributed by atoms with Crippen molar-refractivity contribution in [2.45, 2.75) is 0 Å². The van der Waals surface area contributed by atoms with Crippen LogP contribution in [0, 0.1) is 0 Å². The Hall–Kier alpha value is 2.79. The maximum atomic E-state index is 0. The van der Waals surface area contributed by atoms with Crippen LogP contribution in [0.5, 0.6) is 0 Å². The van der Waals surface area contributed by atoms with E-state index in [9.17, 15) is 0 Å². The van der Waals surface area contributed by atoms with E-state index < -0.39 is 0 Å². The van der Waals surface area contributed by atoms with Gasteiger partial charge in [0.15, 0.2) is 0 Å². The molecular weight excluding hydrogens is 388 g/mol. The molecular formula is H2I3Li. The van der Waals surface area contributed by atoms with E-state index in [1.54, 1.807) is 0 Å². The summed E-state index contributed by atoms with van der Waals surface area (Å²) in [6, 6.07) is 0. The summed E-state index contributed by atoms with van der Waals surface area (Å²) in [6.45, 7) is 0. The predicted molar refractivity (Wildman–Crippen MR) is 2.79 cm³/mol. The molecule has 4 heavy (non-hydrogen) atoms. The first kappa shape index (κ1) is 29.3. The molecule has 0 bridgehead atoms. The zero-order valence-corrected chi connectivity index (χ0v) is 9.07. The monoisotopic (exact) mass is 390 g/mol. The molecule has 0 heterocycles. The second kappa shape index (κ2) is 17.1. The van der Waals surface area contributed by atoms with Crippen LogP contribution < -0.4 is 90.8 Å². The summed E-state index contributed by atoms with van der Waals surface area (Å²) < 4.78 is 0. The first-order valence-electron chi connectivity index (χ1n) is 0. The van der Waals surface area contributed by atoms with E-state index in [0.717, 1.165) is 0 Å². The Kier molecular flexibility index (Phi) is 125. The molecule has 0 saturated heterocycles. The first-order chi connectivity index (χ1) is 0. The molecule has 0 aromatic rings. The molecule has 0 aliphatic rings. The van der Waals surface area contributed by atoms with Crippen LogP contribution in [0.2, 0.25) is 0 Å². The van der Waals surface area contributed by atoms with E-state index in [2.05, 4.69) is 0 Å². The third-order valence-electron chi connectivity index (χ3n) is 0. The van der Waals surface area contributed by atoms with Crippen molar-refractivity contribution in [3.05, 3.63) is 0 Å². The summed E-state index contributed by atoms with van der Waals surface area (Å²) in [5.74, 6) is 0. The van der Waals surface area contributed by atoms with Crippen LogP contribution in [0.25, 0.3) is 0 Å². The fourth-order valence-corrected chi connectivity index (χ4v) is 0. The van der Waals surface area contributed by atoms with Crippen molar-refractivity contribution in [3.8, 4) is 0 Å². The van der Waals surface area contributed by atoms with Gasteiger partial charge in [0.1, 0.15) is 0 Å². The third-order valence-corrected chi connectivity index (χ3v) is 0. The third kappa shape index (κ3) is 8.84. The standard InChI is InChI=1S/H2I.2HI.Li/h1H2;2*1H;/q+1;;;+1/p-2. The van der Waals surface area contributed by atoms with Crippen LogP contribution in [-0.4, -0.2) is 0 Å². The molecule has 0 atom stereocenters. The van der Waals surface area contributed by atoms with Crippen molar-refractivity contribution in [1.82, 2.24) is 0 Å². The van der Waals surface area contributed by atoms with Gasteiger partial charge in [0.2, 0.25) is 24.0 Å². The second-order valence-corrected chi connectivity index (χ2v) is 0. The van der Waals surface area contributed by atoms with Crippen molar-refractivity contribution < 1.29 is 90.8 Å². The van der Waals surface area contributed by atoms with Gasteiger partial charge in [-0.1, -0.05) is 0 Å². The molecule has 0 spiro atoms. The maximum Gasteiger partial charge on any atom is 1.00 e. The Morgan fingerprint density at radius 1 is 0.750 bits per heavy atom. The van der Waals surface area contributed by atoms with Crippen molar-refractivity contribution in [1.29, 1.82) is 0 Å². The molecule has 0 radical (unpaired) electrons. The average molecular weight is 390 g/mol. The van der Waals surface area contributed by atoms with Crippen LogP contribution >= 0.6 is 0 Å². The number of hydrogen-bond donors (Lipinski definition) is 0. The van der Waals surface area contributed by atoms with Gasteiger partial charge in [-0.2, -0.15) is 0 Å². The summed E-state index contributed by atoms with van der Waals surface area (Å²) >= 11 is 0. The Morgan fingerprint density at radius 2 is 0.750 bits per heavy atom. The predicted octanol–water partition coefficient (Wildman–Crippen LogP) is -12.5. The molecule has 0 unspecified atom stereocenters. The van der Waals surface area contributed by atoms with Gasteiger partial charge >= 0.3 is 18.9 Å². The Labute approximate surface area is 89.1 Å². The summed E-state index contributed by atoms with van der Waals surface area (Å²) in [5, 5.41) is 0. The summed E-state index contributed by atoms with van der Waals surface area (Å²) in [5.41, 5.74) is 0. The normalized spacial score (nSPS) is 0. The summed E-state index contributed by atoms with van der Waals surface area (Å²) in [6.07, 6.45) is 0. The maximum absolute atomic E-state index is 0. The second-order valence-electron chi connectivity index (χ2n) is 0. The topological polar surface area (TPSA) is 0 Å². The Balaban J connectivity index is 0. The van der Waals surface area contributed by atoms with E-state index in [4.69, 9.17) is 0 Å². The number of halogens is 3. The Bertz CT molecular complexity index is 3.25. The van der Waals surface area contributed by atoms with Gasteiger partial charge in [-0.05, 0) is 0 Å². The van der Waals surface area contributed by atoms with Crippen molar-refractivity contribution in [2.75, 3.05) is 0 Å². The van der Waals surface area contributed by atoms with Crippen LogP contribution in [-0.2, 0) is 0 Å². The van der Waals surface area contributed by atoms with Gasteiger partial charge < -0.3 is 48.0 Å². The molecule has 0 aliphatic carbocycles. The zero-order valence-electron chi connectivity index (χ0n) is 2.20. The zero-order chi connectivity index (χ0) is 0. The molecule has 0 amide bonds. The largest absolute Gasteiger partial charge is 1.00 e. The Morgan fingerprint density at radius 3 is 0.750 bits per heavy atom. The van der Waals surface area contributed by atoms with Crippen LogP contribution in [0.3, 0.4) is 0 Å². The van der Waals surface area contributed by atoms with Crippen LogP contribution in [0.4, 0.5) is 0 Å². The van der Waals surface area contributed by atoms with Gasteiger partial charge in [0.25, 0.3) is 0 Å². The van der Waals surface area contributed by atoms with E-state index in [1.165, 1.54) is 0 Å². The van der Waals surface area contributed by atoms with Gasteiger partial charge in [0.05, 0.1) is 0 Å². The minimum atomic E-state index is 0. The van der Waals surface area contributed by atoms with Crippen molar-refractivity contribution in [2.24, 2.45) is 0 Å². The minimum Gasteiger partial charge on any atom is -1.00 e. The van der Waals surface area contributed by atoms with Gasteiger partial charge in [0, 0.05) is 0 Å². The fourth-order valence-electron chi connectivity index (χ4n) is 0. The molecule has 0 saturated carbocycles. The molecule has 0 N–H and O–H groups in total. The van der Waals surface area contributed by atoms with E-state index >= 15 is 0 Å². The summed E-state index contributed by atoms with van der Waals surface area (Å²) in [4.78, 5) is 0. The molecule has 0 aliphatic heterocycles. The van der Waals surface area contributed by atoms with Crippen LogP contribution in [0.15, 0.2) is 0 Å². The number of rotatable bonds is 0. The molecule has 4 heteroatoms. The summed E-state index contributed by atoms with van der Waals surface area (Å²) in [7, 11) is 0. The average Bonchev–Trinajstić information content (AvgIpc) is 0. The van der Waals surface area contributed by atoms with E-state index in [1.807, 2.05) is 0 Å². The van der Waals surface area contributed by atoms with Crippen molar-refractivity contribution >= 4 is 0 Å².